The number of hydrogen-bond acceptors (Lipinski definition) is 5. The minimum atomic E-state index is -0.433. The van der Waals surface area contributed by atoms with Gasteiger partial charge >= 0.3 is 0 Å². The van der Waals surface area contributed by atoms with Gasteiger partial charge in [0.05, 0.1) is 18.3 Å². The molecule has 2 aliphatic rings. The molecule has 0 bridgehead atoms. The van der Waals surface area contributed by atoms with Crippen LogP contribution in [-0.2, 0) is 0 Å². The molecule has 1 saturated heterocycles. The Morgan fingerprint density at radius 1 is 1.10 bits per heavy atom. The molecule has 1 aliphatic carbocycles. The second-order valence-electron chi connectivity index (χ2n) is 7.64. The lowest BCUT2D eigenvalue weighted by molar-refractivity contribution is 0.0908. The Balaban J connectivity index is 0.000000230. The van der Waals surface area contributed by atoms with Crippen molar-refractivity contribution < 1.29 is 18.7 Å². The van der Waals surface area contributed by atoms with Crippen molar-refractivity contribution in [2.75, 3.05) is 24.6 Å². The molecule has 0 spiro atoms. The minimum Gasteiger partial charge on any atom is -0.394 e. The van der Waals surface area contributed by atoms with Crippen LogP contribution in [0.15, 0.2) is 42.7 Å². The lowest BCUT2D eigenvalue weighted by Crippen LogP contribution is -2.39. The van der Waals surface area contributed by atoms with E-state index in [4.69, 9.17) is 0 Å². The van der Waals surface area contributed by atoms with Crippen LogP contribution in [0.5, 0.6) is 0 Å². The van der Waals surface area contributed by atoms with Crippen LogP contribution in [0, 0.1) is 11.6 Å². The molecule has 1 saturated carbocycles. The van der Waals surface area contributed by atoms with E-state index < -0.39 is 17.2 Å². The second kappa shape index (κ2) is 8.35. The molecule has 0 unspecified atom stereocenters. The zero-order valence-electron chi connectivity index (χ0n) is 16.4. The zero-order valence-corrected chi connectivity index (χ0v) is 16.4. The number of aromatic nitrogens is 3. The van der Waals surface area contributed by atoms with Crippen molar-refractivity contribution in [3.8, 4) is 0 Å². The molecule has 2 fully saturated rings. The highest BCUT2D eigenvalue weighted by atomic mass is 19.1. The van der Waals surface area contributed by atoms with Gasteiger partial charge in [0.1, 0.15) is 23.0 Å². The van der Waals surface area contributed by atoms with E-state index >= 15 is 0 Å². The Morgan fingerprint density at radius 2 is 1.73 bits per heavy atom. The standard InChI is InChI=1S/C15H19N5O2.C6H4F2/c21-10-15(4-5-15)18-14(22)11-9-16-20-8-3-12(17-13(11)20)19-6-1-2-7-19;7-5-1-2-6(8)4-3-5/h3,8-9,21H,1-2,4-7,10H2,(H,18,22);1-4H. The summed E-state index contributed by atoms with van der Waals surface area (Å²) in [6, 6.07) is 6.25. The summed E-state index contributed by atoms with van der Waals surface area (Å²) in [6.45, 7) is 1.99. The van der Waals surface area contributed by atoms with E-state index in [0.29, 0.717) is 11.2 Å². The molecule has 3 aromatic rings. The highest BCUT2D eigenvalue weighted by molar-refractivity contribution is 6.00. The fourth-order valence-electron chi connectivity index (χ4n) is 3.35. The van der Waals surface area contributed by atoms with Crippen molar-refractivity contribution >= 4 is 17.4 Å². The molecule has 2 aromatic heterocycles. The van der Waals surface area contributed by atoms with Gasteiger partial charge in [-0.15, -0.1) is 0 Å². The number of anilines is 1. The number of halogens is 2. The van der Waals surface area contributed by atoms with Crippen LogP contribution >= 0.6 is 0 Å². The maximum atomic E-state index is 12.4. The monoisotopic (exact) mass is 415 g/mol. The summed E-state index contributed by atoms with van der Waals surface area (Å²) in [5, 5.41) is 16.4. The Hall–Kier alpha value is -3.07. The van der Waals surface area contributed by atoms with Crippen LogP contribution in [0.3, 0.4) is 0 Å². The second-order valence-corrected chi connectivity index (χ2v) is 7.64. The van der Waals surface area contributed by atoms with Crippen molar-refractivity contribution in [2.24, 2.45) is 0 Å². The summed E-state index contributed by atoms with van der Waals surface area (Å²) < 4.78 is 25.5. The highest BCUT2D eigenvalue weighted by Gasteiger charge is 2.43. The van der Waals surface area contributed by atoms with Crippen LogP contribution in [-0.4, -0.2) is 50.8 Å². The number of carbonyl (C=O) groups excluding carboxylic acids is 1. The molecule has 9 heteroatoms. The van der Waals surface area contributed by atoms with E-state index in [1.165, 1.54) is 12.8 Å². The quantitative estimate of drug-likeness (QED) is 0.684. The largest absolute Gasteiger partial charge is 0.394 e. The fourth-order valence-corrected chi connectivity index (χ4v) is 3.35. The van der Waals surface area contributed by atoms with Gasteiger partial charge in [-0.2, -0.15) is 5.10 Å². The Morgan fingerprint density at radius 3 is 2.30 bits per heavy atom. The zero-order chi connectivity index (χ0) is 21.1. The summed E-state index contributed by atoms with van der Waals surface area (Å²) in [4.78, 5) is 19.3. The normalized spacial score (nSPS) is 16.8. The summed E-state index contributed by atoms with van der Waals surface area (Å²) >= 11 is 0. The maximum Gasteiger partial charge on any atom is 0.257 e. The SMILES string of the molecule is Fc1ccc(F)cc1.O=C(NC1(CO)CC1)c1cnn2ccc(N3CCCC3)nc12. The third-order valence-corrected chi connectivity index (χ3v) is 5.37. The molecule has 30 heavy (non-hydrogen) atoms. The summed E-state index contributed by atoms with van der Waals surface area (Å²) in [7, 11) is 0. The molecule has 0 radical (unpaired) electrons. The average molecular weight is 415 g/mol. The van der Waals surface area contributed by atoms with Gasteiger partial charge in [-0.25, -0.2) is 18.3 Å². The summed E-state index contributed by atoms with van der Waals surface area (Å²) in [6.07, 6.45) is 7.38. The number of rotatable bonds is 4. The number of aliphatic hydroxyl groups is 1. The first kappa shape index (κ1) is 20.2. The fraction of sp³-hybridized carbons (Fsp3) is 0.381. The molecule has 5 rings (SSSR count). The first-order valence-electron chi connectivity index (χ1n) is 9.93. The van der Waals surface area contributed by atoms with E-state index in [1.54, 1.807) is 10.7 Å². The van der Waals surface area contributed by atoms with Gasteiger partial charge in [0.2, 0.25) is 0 Å². The van der Waals surface area contributed by atoms with Crippen LogP contribution in [0.1, 0.15) is 36.0 Å². The van der Waals surface area contributed by atoms with Crippen molar-refractivity contribution in [1.29, 1.82) is 0 Å². The lowest BCUT2D eigenvalue weighted by Gasteiger charge is -2.16. The van der Waals surface area contributed by atoms with Crippen LogP contribution in [0.2, 0.25) is 0 Å². The number of nitrogens with one attached hydrogen (secondary N) is 1. The van der Waals surface area contributed by atoms with Gasteiger partial charge in [-0.05, 0) is 56.0 Å². The van der Waals surface area contributed by atoms with Crippen LogP contribution in [0.25, 0.3) is 5.65 Å². The topological polar surface area (TPSA) is 82.8 Å². The summed E-state index contributed by atoms with van der Waals surface area (Å²) in [5.41, 5.74) is 0.592. The summed E-state index contributed by atoms with van der Waals surface area (Å²) in [5.74, 6) is -0.145. The predicted molar refractivity (Wildman–Crippen MR) is 107 cm³/mol. The van der Waals surface area contributed by atoms with Crippen LogP contribution in [0.4, 0.5) is 14.6 Å². The Kier molecular flexibility index (Phi) is 5.63. The molecule has 7 nitrogen and oxygen atoms in total. The number of fused-ring (bicyclic) bond motifs is 1. The third kappa shape index (κ3) is 4.40. The van der Waals surface area contributed by atoms with E-state index in [9.17, 15) is 18.7 Å². The van der Waals surface area contributed by atoms with Gasteiger partial charge in [0.25, 0.3) is 5.91 Å². The van der Waals surface area contributed by atoms with E-state index in [-0.39, 0.29) is 12.5 Å². The van der Waals surface area contributed by atoms with Gasteiger partial charge in [-0.1, -0.05) is 0 Å². The Bertz CT molecular complexity index is 1010. The van der Waals surface area contributed by atoms with Gasteiger partial charge in [0, 0.05) is 19.3 Å². The minimum absolute atomic E-state index is 0.0234. The van der Waals surface area contributed by atoms with Gasteiger partial charge in [-0.3, -0.25) is 4.79 Å². The molecule has 158 valence electrons. The number of aliphatic hydroxyl groups excluding tert-OH is 1. The number of benzene rings is 1. The third-order valence-electron chi connectivity index (χ3n) is 5.37. The first-order valence-corrected chi connectivity index (χ1v) is 9.93. The maximum absolute atomic E-state index is 12.4. The van der Waals surface area contributed by atoms with E-state index in [1.807, 2.05) is 12.3 Å². The van der Waals surface area contributed by atoms with Crippen molar-refractivity contribution in [3.63, 3.8) is 0 Å². The lowest BCUT2D eigenvalue weighted by atomic mass is 10.2. The van der Waals surface area contributed by atoms with Crippen molar-refractivity contribution in [2.45, 2.75) is 31.2 Å². The van der Waals surface area contributed by atoms with Gasteiger partial charge < -0.3 is 15.3 Å². The number of hydrogen-bond donors (Lipinski definition) is 2. The van der Waals surface area contributed by atoms with Crippen molar-refractivity contribution in [3.05, 3.63) is 59.9 Å². The molecular weight excluding hydrogens is 392 g/mol. The molecule has 3 heterocycles. The average Bonchev–Trinajstić information content (AvgIpc) is 3.16. The number of amides is 1. The predicted octanol–water partition coefficient (Wildman–Crippen LogP) is 2.55. The van der Waals surface area contributed by atoms with Gasteiger partial charge in [0.15, 0.2) is 5.65 Å². The molecule has 1 aromatic carbocycles. The smallest absolute Gasteiger partial charge is 0.257 e. The molecule has 1 aliphatic heterocycles. The molecular formula is C21H23F2N5O2. The highest BCUT2D eigenvalue weighted by Crippen LogP contribution is 2.35. The molecule has 1 amide bonds. The number of nitrogens with zero attached hydrogens (tertiary/aromatic N) is 4. The molecule has 0 atom stereocenters. The van der Waals surface area contributed by atoms with Crippen LogP contribution < -0.4 is 10.2 Å². The number of carbonyl (C=O) groups is 1. The van der Waals surface area contributed by atoms with E-state index in [2.05, 4.69) is 20.3 Å². The van der Waals surface area contributed by atoms with Crippen molar-refractivity contribution in [1.82, 2.24) is 19.9 Å². The van der Waals surface area contributed by atoms with E-state index in [0.717, 1.165) is 56.0 Å². The Labute approximate surface area is 172 Å². The first-order chi connectivity index (χ1) is 14.5. The molecule has 2 N–H and O–H groups in total.